The average Bonchev–Trinajstić information content (AvgIpc) is 3.16. The number of methoxy groups -OCH3 is 1. The third-order valence-corrected chi connectivity index (χ3v) is 4.01. The number of ether oxygens (including phenoxy) is 1. The van der Waals surface area contributed by atoms with Crippen molar-refractivity contribution >= 4 is 5.97 Å². The van der Waals surface area contributed by atoms with E-state index in [4.69, 9.17) is 9.84 Å². The molecule has 1 atom stereocenters. The molecule has 1 aromatic carbocycles. The van der Waals surface area contributed by atoms with Crippen LogP contribution >= 0.6 is 0 Å². The Labute approximate surface area is 113 Å². The fraction of sp³-hybridized carbons (Fsp3) is 0.533. The van der Waals surface area contributed by atoms with Gasteiger partial charge in [0.1, 0.15) is 0 Å². The number of phenolic OH excluding ortho intramolecular Hbond substituents is 1. The lowest BCUT2D eigenvalue weighted by Gasteiger charge is -2.21. The zero-order valence-corrected chi connectivity index (χ0v) is 11.6. The first kappa shape index (κ1) is 13.7. The number of phenols is 1. The molecule has 1 fully saturated rings. The second-order valence-electron chi connectivity index (χ2n) is 5.32. The van der Waals surface area contributed by atoms with Crippen molar-refractivity contribution in [3.63, 3.8) is 0 Å². The summed E-state index contributed by atoms with van der Waals surface area (Å²) in [6.07, 6.45) is 2.13. The van der Waals surface area contributed by atoms with Crippen molar-refractivity contribution in [1.82, 2.24) is 0 Å². The first-order chi connectivity index (χ1) is 8.95. The molecule has 1 aliphatic rings. The van der Waals surface area contributed by atoms with Gasteiger partial charge in [-0.2, -0.15) is 0 Å². The fourth-order valence-corrected chi connectivity index (χ4v) is 2.70. The van der Waals surface area contributed by atoms with Gasteiger partial charge in [0, 0.05) is 11.5 Å². The molecule has 2 N–H and O–H groups in total. The van der Waals surface area contributed by atoms with Crippen molar-refractivity contribution in [2.24, 2.45) is 5.92 Å². The van der Waals surface area contributed by atoms with Gasteiger partial charge >= 0.3 is 5.97 Å². The zero-order valence-electron chi connectivity index (χ0n) is 11.6. The highest BCUT2D eigenvalue weighted by molar-refractivity contribution is 5.69. The van der Waals surface area contributed by atoms with Crippen LogP contribution in [0.25, 0.3) is 0 Å². The second kappa shape index (κ2) is 5.11. The third kappa shape index (κ3) is 2.67. The molecule has 1 aromatic rings. The van der Waals surface area contributed by atoms with Crippen LogP contribution in [0.5, 0.6) is 11.5 Å². The molecule has 104 valence electrons. The summed E-state index contributed by atoms with van der Waals surface area (Å²) in [5.74, 6) is -0.0485. The van der Waals surface area contributed by atoms with Crippen molar-refractivity contribution in [1.29, 1.82) is 0 Å². The molecule has 0 saturated heterocycles. The van der Waals surface area contributed by atoms with E-state index in [1.165, 1.54) is 7.11 Å². The first-order valence-corrected chi connectivity index (χ1v) is 6.54. The summed E-state index contributed by atoms with van der Waals surface area (Å²) < 4.78 is 5.18. The highest BCUT2D eigenvalue weighted by Gasteiger charge is 2.37. The van der Waals surface area contributed by atoms with Gasteiger partial charge in [-0.1, -0.05) is 0 Å². The number of carbonyl (C=O) groups is 1. The van der Waals surface area contributed by atoms with E-state index in [2.05, 4.69) is 0 Å². The van der Waals surface area contributed by atoms with Crippen LogP contribution in [-0.4, -0.2) is 23.3 Å². The van der Waals surface area contributed by atoms with Crippen LogP contribution in [0.15, 0.2) is 6.07 Å². The van der Waals surface area contributed by atoms with Crippen molar-refractivity contribution < 1.29 is 19.7 Å². The van der Waals surface area contributed by atoms with Gasteiger partial charge in [-0.25, -0.2) is 0 Å². The van der Waals surface area contributed by atoms with E-state index >= 15 is 0 Å². The summed E-state index contributed by atoms with van der Waals surface area (Å²) in [7, 11) is 1.51. The van der Waals surface area contributed by atoms with Gasteiger partial charge in [0.25, 0.3) is 0 Å². The van der Waals surface area contributed by atoms with E-state index in [1.54, 1.807) is 6.07 Å². The Morgan fingerprint density at radius 2 is 2.11 bits per heavy atom. The standard InChI is InChI=1S/C15H20O4/c1-8-6-12(19-3)15(18)14(9(8)2)11(7-13(16)17)10-4-5-10/h6,10-11,18H,4-5,7H2,1-3H3,(H,16,17). The van der Waals surface area contributed by atoms with Gasteiger partial charge in [0.2, 0.25) is 0 Å². The maximum atomic E-state index is 11.1. The number of aliphatic carboxylic acids is 1. The van der Waals surface area contributed by atoms with Crippen LogP contribution < -0.4 is 4.74 Å². The minimum Gasteiger partial charge on any atom is -0.504 e. The van der Waals surface area contributed by atoms with Crippen LogP contribution in [0.4, 0.5) is 0 Å². The zero-order chi connectivity index (χ0) is 14.2. The highest BCUT2D eigenvalue weighted by atomic mass is 16.5. The normalized spacial score (nSPS) is 16.2. The van der Waals surface area contributed by atoms with E-state index in [-0.39, 0.29) is 18.1 Å². The summed E-state index contributed by atoms with van der Waals surface area (Å²) in [6.45, 7) is 3.88. The Balaban J connectivity index is 2.51. The Morgan fingerprint density at radius 3 is 2.58 bits per heavy atom. The van der Waals surface area contributed by atoms with E-state index in [0.717, 1.165) is 29.5 Å². The third-order valence-electron chi connectivity index (χ3n) is 4.01. The van der Waals surface area contributed by atoms with Crippen LogP contribution in [-0.2, 0) is 4.79 Å². The predicted octanol–water partition coefficient (Wildman–Crippen LogP) is 2.99. The quantitative estimate of drug-likeness (QED) is 0.858. The molecule has 4 heteroatoms. The summed E-state index contributed by atoms with van der Waals surface area (Å²) in [5, 5.41) is 19.4. The number of carboxylic acid groups (broad SMARTS) is 1. The van der Waals surface area contributed by atoms with Gasteiger partial charge < -0.3 is 14.9 Å². The molecule has 0 amide bonds. The van der Waals surface area contributed by atoms with E-state index in [1.807, 2.05) is 13.8 Å². The summed E-state index contributed by atoms with van der Waals surface area (Å²) in [6, 6.07) is 1.79. The summed E-state index contributed by atoms with van der Waals surface area (Å²) in [4.78, 5) is 11.1. The lowest BCUT2D eigenvalue weighted by atomic mass is 9.85. The number of rotatable bonds is 5. The number of hydrogen-bond acceptors (Lipinski definition) is 3. The minimum atomic E-state index is -0.823. The second-order valence-corrected chi connectivity index (χ2v) is 5.32. The van der Waals surface area contributed by atoms with Gasteiger partial charge in [-0.3, -0.25) is 4.79 Å². The monoisotopic (exact) mass is 264 g/mol. The summed E-state index contributed by atoms with van der Waals surface area (Å²) in [5.41, 5.74) is 2.74. The molecule has 0 aliphatic heterocycles. The number of benzene rings is 1. The Morgan fingerprint density at radius 1 is 1.47 bits per heavy atom. The molecule has 0 radical (unpaired) electrons. The van der Waals surface area contributed by atoms with Crippen molar-refractivity contribution in [2.75, 3.05) is 7.11 Å². The molecule has 19 heavy (non-hydrogen) atoms. The van der Waals surface area contributed by atoms with Gasteiger partial charge in [-0.15, -0.1) is 0 Å². The molecule has 0 bridgehead atoms. The van der Waals surface area contributed by atoms with Crippen molar-refractivity contribution in [2.45, 2.75) is 39.0 Å². The molecule has 1 unspecified atom stereocenters. The largest absolute Gasteiger partial charge is 0.504 e. The topological polar surface area (TPSA) is 66.8 Å². The van der Waals surface area contributed by atoms with Crippen LogP contribution in [0.1, 0.15) is 41.9 Å². The van der Waals surface area contributed by atoms with E-state index in [9.17, 15) is 9.90 Å². The fourth-order valence-electron chi connectivity index (χ4n) is 2.70. The molecular weight excluding hydrogens is 244 g/mol. The number of aryl methyl sites for hydroxylation is 1. The number of aromatic hydroxyl groups is 1. The van der Waals surface area contributed by atoms with Crippen LogP contribution in [0.2, 0.25) is 0 Å². The van der Waals surface area contributed by atoms with Crippen LogP contribution in [0.3, 0.4) is 0 Å². The lowest BCUT2D eigenvalue weighted by Crippen LogP contribution is -2.11. The lowest BCUT2D eigenvalue weighted by molar-refractivity contribution is -0.137. The smallest absolute Gasteiger partial charge is 0.303 e. The van der Waals surface area contributed by atoms with Gasteiger partial charge in [-0.05, 0) is 49.8 Å². The Kier molecular flexibility index (Phi) is 3.69. The SMILES string of the molecule is COc1cc(C)c(C)c(C(CC(=O)O)C2CC2)c1O. The van der Waals surface area contributed by atoms with Gasteiger partial charge in [0.15, 0.2) is 11.5 Å². The molecule has 4 nitrogen and oxygen atoms in total. The summed E-state index contributed by atoms with van der Waals surface area (Å²) >= 11 is 0. The maximum absolute atomic E-state index is 11.1. The maximum Gasteiger partial charge on any atom is 0.303 e. The van der Waals surface area contributed by atoms with E-state index < -0.39 is 5.97 Å². The van der Waals surface area contributed by atoms with Crippen molar-refractivity contribution in [3.8, 4) is 11.5 Å². The van der Waals surface area contributed by atoms with E-state index in [0.29, 0.717) is 11.7 Å². The van der Waals surface area contributed by atoms with Gasteiger partial charge in [0.05, 0.1) is 13.5 Å². The number of hydrogen-bond donors (Lipinski definition) is 2. The highest BCUT2D eigenvalue weighted by Crippen LogP contribution is 2.50. The molecule has 0 heterocycles. The van der Waals surface area contributed by atoms with Crippen molar-refractivity contribution in [3.05, 3.63) is 22.8 Å². The Hall–Kier alpha value is -1.71. The predicted molar refractivity (Wildman–Crippen MR) is 71.9 cm³/mol. The number of carboxylic acids is 1. The molecule has 1 aliphatic carbocycles. The molecule has 0 spiro atoms. The average molecular weight is 264 g/mol. The molecule has 0 aromatic heterocycles. The molecular formula is C15H20O4. The first-order valence-electron chi connectivity index (χ1n) is 6.54. The molecule has 2 rings (SSSR count). The Bertz CT molecular complexity index is 503. The van der Waals surface area contributed by atoms with Crippen LogP contribution in [0, 0.1) is 19.8 Å². The minimum absolute atomic E-state index is 0.0612. The molecule has 1 saturated carbocycles.